The summed E-state index contributed by atoms with van der Waals surface area (Å²) in [6.45, 7) is 21.3. The summed E-state index contributed by atoms with van der Waals surface area (Å²) < 4.78 is 14.7. The van der Waals surface area contributed by atoms with Gasteiger partial charge in [0.1, 0.15) is 0 Å². The molecule has 3 heterocycles. The molecule has 3 aromatic heterocycles. The van der Waals surface area contributed by atoms with E-state index in [-0.39, 0.29) is 21.7 Å². The summed E-state index contributed by atoms with van der Waals surface area (Å²) in [5.74, 6) is 2.51. The molecule has 7 aromatic rings. The molecule has 0 N–H and O–H groups in total. The Morgan fingerprint density at radius 2 is 1.40 bits per heavy atom. The molecule has 1 aliphatic carbocycles. The van der Waals surface area contributed by atoms with Crippen molar-refractivity contribution in [2.75, 3.05) is 0 Å². The van der Waals surface area contributed by atoms with Gasteiger partial charge in [0.2, 0.25) is 0 Å². The molecular formula is C44H46N4OPt. The summed E-state index contributed by atoms with van der Waals surface area (Å²) in [4.78, 5) is 4.99. The first kappa shape index (κ1) is 33.0. The van der Waals surface area contributed by atoms with Gasteiger partial charge in [-0.3, -0.25) is 0 Å². The third kappa shape index (κ3) is 4.55. The third-order valence-corrected chi connectivity index (χ3v) is 13.7. The molecule has 8 rings (SSSR count). The molecule has 5 nitrogen and oxygen atoms in total. The topological polar surface area (TPSA) is 36.9 Å². The number of pyridine rings is 1. The van der Waals surface area contributed by atoms with E-state index in [2.05, 4.69) is 187 Å². The zero-order chi connectivity index (χ0) is 35.5. The number of benzene rings is 4. The number of hydrogen-bond donors (Lipinski definition) is 0. The van der Waals surface area contributed by atoms with Gasteiger partial charge in [-0.15, -0.1) is 0 Å². The van der Waals surface area contributed by atoms with E-state index in [1.807, 2.05) is 12.3 Å². The quantitative estimate of drug-likeness (QED) is 0.177. The van der Waals surface area contributed by atoms with Gasteiger partial charge in [-0.25, -0.2) is 0 Å². The normalized spacial score (nSPS) is 16.4. The van der Waals surface area contributed by atoms with Gasteiger partial charge in [-0.05, 0) is 38.9 Å². The van der Waals surface area contributed by atoms with Crippen LogP contribution >= 0.6 is 0 Å². The molecule has 1 aliphatic rings. The molecule has 0 amide bonds. The molecule has 0 saturated carbocycles. The van der Waals surface area contributed by atoms with Gasteiger partial charge in [-0.1, -0.05) is 68.4 Å². The number of aryl methyl sites for hydroxylation is 1. The van der Waals surface area contributed by atoms with E-state index in [9.17, 15) is 0 Å². The Morgan fingerprint density at radius 1 is 0.680 bits per heavy atom. The minimum absolute atomic E-state index is 0.00681. The molecule has 50 heavy (non-hydrogen) atoms. The molecule has 0 saturated heterocycles. The van der Waals surface area contributed by atoms with Crippen LogP contribution in [0, 0.1) is 9.22 Å². The zero-order valence-electron chi connectivity index (χ0n) is 30.8. The number of rotatable bonds is 4. The van der Waals surface area contributed by atoms with Crippen molar-refractivity contribution in [1.82, 2.24) is 18.7 Å². The van der Waals surface area contributed by atoms with Crippen molar-refractivity contribution in [2.45, 2.75) is 78.6 Å². The second-order valence-electron chi connectivity index (χ2n) is 16.6. The Morgan fingerprint density at radius 3 is 2.14 bits per heavy atom. The van der Waals surface area contributed by atoms with Gasteiger partial charge in [0, 0.05) is 6.20 Å². The van der Waals surface area contributed by atoms with Crippen LogP contribution in [0.3, 0.4) is 0 Å². The Balaban J connectivity index is 1.34. The first-order valence-corrected chi connectivity index (χ1v) is 18.7. The average molecular weight is 842 g/mol. The number of fused-ring (bicyclic) bond motifs is 6. The Hall–Kier alpha value is -4.21. The minimum atomic E-state index is -0.0579. The van der Waals surface area contributed by atoms with Crippen molar-refractivity contribution in [2.24, 2.45) is 12.5 Å². The Labute approximate surface area is 306 Å². The molecule has 6 heteroatoms. The summed E-state index contributed by atoms with van der Waals surface area (Å²) in [5, 5.41) is 2.54. The number of hydrogen-bond acceptors (Lipinski definition) is 2. The van der Waals surface area contributed by atoms with E-state index in [0.29, 0.717) is 0 Å². The van der Waals surface area contributed by atoms with Crippen molar-refractivity contribution in [3.05, 3.63) is 118 Å². The van der Waals surface area contributed by atoms with Gasteiger partial charge in [0.15, 0.2) is 0 Å². The summed E-state index contributed by atoms with van der Waals surface area (Å²) in [6, 6.07) is 32.6. The van der Waals surface area contributed by atoms with Crippen LogP contribution in [0.4, 0.5) is 0 Å². The monoisotopic (exact) mass is 841 g/mol. The van der Waals surface area contributed by atoms with Crippen LogP contribution in [0.1, 0.15) is 79.0 Å². The molecule has 0 spiro atoms. The summed E-state index contributed by atoms with van der Waals surface area (Å²) in [7, 11) is 2.11. The molecular weight excluding hydrogens is 796 g/mol. The predicted octanol–water partition coefficient (Wildman–Crippen LogP) is 11.2. The van der Waals surface area contributed by atoms with Crippen molar-refractivity contribution in [1.29, 1.82) is 0 Å². The molecule has 258 valence electrons. The maximum atomic E-state index is 6.72. The zero-order valence-corrected chi connectivity index (χ0v) is 33.0. The molecule has 0 aliphatic heterocycles. The number of nitrogens with zero attached hydrogens (tertiary/aromatic N) is 4. The van der Waals surface area contributed by atoms with Gasteiger partial charge in [0.05, 0.1) is 0 Å². The number of ether oxygens (including phenoxy) is 1. The third-order valence-electron chi connectivity index (χ3n) is 12.4. The molecule has 0 radical (unpaired) electrons. The summed E-state index contributed by atoms with van der Waals surface area (Å²) in [6.07, 6.45) is 1.95. The first-order chi connectivity index (χ1) is 23.5. The van der Waals surface area contributed by atoms with Crippen LogP contribution in [0.15, 0.2) is 97.2 Å². The number of imidazole rings is 1. The Kier molecular flexibility index (Phi) is 7.18. The molecule has 0 fully saturated rings. The SMILES string of the molecule is Cn1[c](=[Pt])n(-c2cccc(Oc3ccc4c5c6c(ccc5n(-c5cc(C(C)(C)C)ccn5)c4c3)C(C)(C)C(C)(C)C6(C)C)c2)c2ccccc21. The van der Waals surface area contributed by atoms with E-state index < -0.39 is 0 Å². The van der Waals surface area contributed by atoms with Gasteiger partial charge < -0.3 is 0 Å². The van der Waals surface area contributed by atoms with Gasteiger partial charge in [0.25, 0.3) is 0 Å². The van der Waals surface area contributed by atoms with Gasteiger partial charge >= 0.3 is 194 Å². The van der Waals surface area contributed by atoms with Crippen LogP contribution in [-0.2, 0) is 42.6 Å². The van der Waals surface area contributed by atoms with E-state index in [1.54, 1.807) is 0 Å². The van der Waals surface area contributed by atoms with E-state index >= 15 is 0 Å². The fourth-order valence-electron chi connectivity index (χ4n) is 8.34. The van der Waals surface area contributed by atoms with Crippen LogP contribution in [-0.4, -0.2) is 18.7 Å². The van der Waals surface area contributed by atoms with E-state index in [0.717, 1.165) is 37.8 Å². The van der Waals surface area contributed by atoms with E-state index in [1.165, 1.54) is 38.5 Å². The second kappa shape index (κ2) is 10.9. The molecule has 4 aromatic carbocycles. The van der Waals surface area contributed by atoms with Crippen LogP contribution < -0.4 is 4.74 Å². The summed E-state index contributed by atoms with van der Waals surface area (Å²) in [5.41, 5.74) is 9.81. The molecule has 0 bridgehead atoms. The van der Waals surface area contributed by atoms with Crippen molar-refractivity contribution in [3.8, 4) is 23.0 Å². The summed E-state index contributed by atoms with van der Waals surface area (Å²) >= 11 is 2.40. The van der Waals surface area contributed by atoms with Gasteiger partial charge in [-0.2, -0.15) is 0 Å². The fraction of sp³-hybridized carbons (Fsp3) is 0.318. The fourth-order valence-corrected chi connectivity index (χ4v) is 9.18. The molecule has 0 unspecified atom stereocenters. The van der Waals surface area contributed by atoms with Crippen molar-refractivity contribution < 1.29 is 24.1 Å². The Bertz CT molecular complexity index is 2570. The van der Waals surface area contributed by atoms with Crippen LogP contribution in [0.25, 0.3) is 44.3 Å². The maximum absolute atomic E-state index is 6.72. The second-order valence-corrected chi connectivity index (χ2v) is 17.7. The van der Waals surface area contributed by atoms with Crippen molar-refractivity contribution >= 4 is 32.8 Å². The molecule has 0 atom stereocenters. The van der Waals surface area contributed by atoms with Crippen LogP contribution in [0.5, 0.6) is 11.5 Å². The van der Waals surface area contributed by atoms with Crippen LogP contribution in [0.2, 0.25) is 0 Å². The number of aromatic nitrogens is 4. The number of para-hydroxylation sites is 2. The average Bonchev–Trinajstić information content (AvgIpc) is 3.57. The standard InChI is InChI=1S/C44H46N4O.Pt/c1-41(2,3)28-22-23-45-38(24-28)48-36-21-20-33-40(43(6,7)44(8,9)42(33,4)5)39(36)32-19-18-31(26-37(32)48)49-30-15-13-14-29(25-30)47-27-46(10)34-16-11-12-17-35(34)47;/h11-26H,1-10H3;. The first-order valence-electron chi connectivity index (χ1n) is 17.5. The van der Waals surface area contributed by atoms with E-state index in [4.69, 9.17) is 9.72 Å². The predicted molar refractivity (Wildman–Crippen MR) is 203 cm³/mol. The van der Waals surface area contributed by atoms with Crippen molar-refractivity contribution in [3.63, 3.8) is 0 Å².